The molecule has 138 valence electrons. The molecule has 0 saturated carbocycles. The number of rotatable bonds is 2. The summed E-state index contributed by atoms with van der Waals surface area (Å²) in [6.45, 7) is 5.04. The van der Waals surface area contributed by atoms with Crippen molar-refractivity contribution in [1.82, 2.24) is 4.68 Å². The number of hydrogen-bond acceptors (Lipinski definition) is 5. The van der Waals surface area contributed by atoms with Crippen molar-refractivity contribution in [2.45, 2.75) is 32.4 Å². The molecule has 4 rings (SSSR count). The number of halogens is 1. The van der Waals surface area contributed by atoms with E-state index in [2.05, 4.69) is 0 Å². The second kappa shape index (κ2) is 5.36. The fourth-order valence-corrected chi connectivity index (χ4v) is 3.69. The first-order valence-electron chi connectivity index (χ1n) is 8.55. The molecule has 3 heterocycles. The third kappa shape index (κ3) is 2.17. The molecular formula is C18H20FN3O4. The Balaban J connectivity index is 2.14. The van der Waals surface area contributed by atoms with Crippen LogP contribution in [-0.4, -0.2) is 41.6 Å². The average Bonchev–Trinajstić information content (AvgIpc) is 3.07. The maximum absolute atomic E-state index is 15.0. The van der Waals surface area contributed by atoms with E-state index in [1.807, 2.05) is 4.90 Å². The molecule has 26 heavy (non-hydrogen) atoms. The van der Waals surface area contributed by atoms with Gasteiger partial charge in [0.1, 0.15) is 16.8 Å². The van der Waals surface area contributed by atoms with Gasteiger partial charge in [0.05, 0.1) is 5.39 Å². The summed E-state index contributed by atoms with van der Waals surface area (Å²) in [5.41, 5.74) is -1.24. The maximum atomic E-state index is 15.0. The second-order valence-corrected chi connectivity index (χ2v) is 7.22. The van der Waals surface area contributed by atoms with Gasteiger partial charge < -0.3 is 14.7 Å². The van der Waals surface area contributed by atoms with Crippen molar-refractivity contribution < 1.29 is 19.0 Å². The number of anilines is 1. The monoisotopic (exact) mass is 361 g/mol. The lowest BCUT2D eigenvalue weighted by Gasteiger charge is -2.44. The number of aromatic nitrogens is 1. The Labute approximate surface area is 149 Å². The van der Waals surface area contributed by atoms with Gasteiger partial charge in [-0.25, -0.2) is 9.18 Å². The number of benzene rings is 1. The highest BCUT2D eigenvalue weighted by atomic mass is 19.1. The third-order valence-corrected chi connectivity index (χ3v) is 5.26. The molecule has 2 aliphatic rings. The Morgan fingerprint density at radius 2 is 1.96 bits per heavy atom. The minimum atomic E-state index is -1.34. The largest absolute Gasteiger partial charge is 0.477 e. The third-order valence-electron chi connectivity index (χ3n) is 5.26. The van der Waals surface area contributed by atoms with Crippen LogP contribution in [0.1, 0.15) is 37.0 Å². The Morgan fingerprint density at radius 1 is 1.31 bits per heavy atom. The number of hydrogen-bond donors (Lipinski definition) is 1. The van der Waals surface area contributed by atoms with Crippen LogP contribution in [0.5, 0.6) is 5.75 Å². The number of pyridine rings is 1. The van der Waals surface area contributed by atoms with E-state index in [-0.39, 0.29) is 5.39 Å². The highest BCUT2D eigenvalue weighted by molar-refractivity contribution is 5.97. The predicted molar refractivity (Wildman–Crippen MR) is 95.4 cm³/mol. The number of nitrogens with zero attached hydrogens (tertiary/aromatic N) is 3. The molecule has 0 atom stereocenters. The van der Waals surface area contributed by atoms with Crippen molar-refractivity contribution in [2.24, 2.45) is 0 Å². The van der Waals surface area contributed by atoms with Gasteiger partial charge in [-0.15, -0.1) is 0 Å². The zero-order valence-electron chi connectivity index (χ0n) is 14.9. The van der Waals surface area contributed by atoms with Crippen LogP contribution in [0.2, 0.25) is 0 Å². The van der Waals surface area contributed by atoms with Crippen LogP contribution < -0.4 is 20.1 Å². The molecule has 0 spiro atoms. The minimum Gasteiger partial charge on any atom is -0.477 e. The van der Waals surface area contributed by atoms with Gasteiger partial charge in [0, 0.05) is 26.3 Å². The van der Waals surface area contributed by atoms with Crippen molar-refractivity contribution in [3.05, 3.63) is 33.9 Å². The topological polar surface area (TPSA) is 75.0 Å². The Morgan fingerprint density at radius 3 is 2.58 bits per heavy atom. The van der Waals surface area contributed by atoms with Crippen molar-refractivity contribution >= 4 is 22.6 Å². The van der Waals surface area contributed by atoms with Gasteiger partial charge in [-0.2, -0.15) is 0 Å². The van der Waals surface area contributed by atoms with Crippen molar-refractivity contribution in [3.63, 3.8) is 0 Å². The van der Waals surface area contributed by atoms with E-state index in [0.717, 1.165) is 18.9 Å². The van der Waals surface area contributed by atoms with Crippen molar-refractivity contribution in [1.29, 1.82) is 0 Å². The van der Waals surface area contributed by atoms with Gasteiger partial charge >= 0.3 is 5.97 Å². The Hall–Kier alpha value is -2.77. The van der Waals surface area contributed by atoms with Crippen LogP contribution in [0.3, 0.4) is 0 Å². The van der Waals surface area contributed by atoms with E-state index in [0.29, 0.717) is 30.0 Å². The smallest absolute Gasteiger partial charge is 0.341 e. The quantitative estimate of drug-likeness (QED) is 0.883. The zero-order valence-corrected chi connectivity index (χ0v) is 14.9. The lowest BCUT2D eigenvalue weighted by atomic mass is 10.1. The van der Waals surface area contributed by atoms with Crippen molar-refractivity contribution in [2.75, 3.05) is 30.0 Å². The summed E-state index contributed by atoms with van der Waals surface area (Å²) in [5.74, 6) is -1.62. The van der Waals surface area contributed by atoms with E-state index in [9.17, 15) is 14.7 Å². The molecule has 2 aromatic rings. The summed E-state index contributed by atoms with van der Waals surface area (Å²) in [6.07, 6.45) is 3.21. The molecule has 1 saturated heterocycles. The number of carbonyl (C=O) groups is 1. The molecule has 2 aliphatic heterocycles. The summed E-state index contributed by atoms with van der Waals surface area (Å²) in [5, 5.41) is 11.1. The zero-order chi connectivity index (χ0) is 18.8. The fourth-order valence-electron chi connectivity index (χ4n) is 3.69. The first-order valence-corrected chi connectivity index (χ1v) is 8.55. The second-order valence-electron chi connectivity index (χ2n) is 7.22. The summed E-state index contributed by atoms with van der Waals surface area (Å²) < 4.78 is 22.7. The molecule has 1 fully saturated rings. The van der Waals surface area contributed by atoms with Crippen molar-refractivity contribution in [3.8, 4) is 5.75 Å². The molecule has 0 aliphatic carbocycles. The van der Waals surface area contributed by atoms with Gasteiger partial charge in [-0.05, 0) is 32.8 Å². The van der Waals surface area contributed by atoms with E-state index in [1.54, 1.807) is 30.6 Å². The van der Waals surface area contributed by atoms with Crippen LogP contribution in [-0.2, 0) is 0 Å². The number of carboxylic acid groups (broad SMARTS) is 1. The lowest BCUT2D eigenvalue weighted by molar-refractivity contribution is 0.0682. The summed E-state index contributed by atoms with van der Waals surface area (Å²) in [4.78, 5) is 26.0. The molecule has 8 heteroatoms. The van der Waals surface area contributed by atoms with Gasteiger partial charge in [0.15, 0.2) is 17.3 Å². The first kappa shape index (κ1) is 16.7. The highest BCUT2D eigenvalue weighted by Crippen LogP contribution is 2.43. The van der Waals surface area contributed by atoms with Gasteiger partial charge in [0.2, 0.25) is 5.43 Å². The van der Waals surface area contributed by atoms with Crippen LogP contribution in [0.4, 0.5) is 10.1 Å². The Bertz CT molecular complexity index is 992. The average molecular weight is 361 g/mol. The van der Waals surface area contributed by atoms with Crippen LogP contribution in [0.15, 0.2) is 17.1 Å². The molecule has 1 aromatic heterocycles. The number of ether oxygens (including phenoxy) is 1. The summed E-state index contributed by atoms with van der Waals surface area (Å²) in [7, 11) is 1.73. The maximum Gasteiger partial charge on any atom is 0.341 e. The molecule has 0 radical (unpaired) electrons. The van der Waals surface area contributed by atoms with Crippen LogP contribution in [0, 0.1) is 5.82 Å². The van der Waals surface area contributed by atoms with Gasteiger partial charge in [-0.3, -0.25) is 14.5 Å². The van der Waals surface area contributed by atoms with Crippen LogP contribution >= 0.6 is 0 Å². The van der Waals surface area contributed by atoms with E-state index in [1.165, 1.54) is 6.20 Å². The SMILES string of the molecule is CN1n2cc(C(=O)O)c(=O)c3cc(F)c(N4CCCC4)c(c32)OC1(C)C. The van der Waals surface area contributed by atoms with Gasteiger partial charge in [0.25, 0.3) is 0 Å². The number of carboxylic acids is 1. The van der Waals surface area contributed by atoms with Crippen LogP contribution in [0.25, 0.3) is 10.9 Å². The standard InChI is InChI=1S/C18H20FN3O4/c1-18(2)20(3)22-9-11(17(24)25)15(23)10-8-12(19)14(16(26-18)13(10)22)21-6-4-5-7-21/h8-9H,4-7H2,1-3H3,(H,24,25). The molecule has 0 bridgehead atoms. The molecule has 1 N–H and O–H groups in total. The molecule has 7 nitrogen and oxygen atoms in total. The van der Waals surface area contributed by atoms with Gasteiger partial charge in [-0.1, -0.05) is 0 Å². The summed E-state index contributed by atoms with van der Waals surface area (Å²) in [6, 6.07) is 1.13. The fraction of sp³-hybridized carbons (Fsp3) is 0.444. The summed E-state index contributed by atoms with van der Waals surface area (Å²) >= 11 is 0. The highest BCUT2D eigenvalue weighted by Gasteiger charge is 2.38. The van der Waals surface area contributed by atoms with E-state index >= 15 is 4.39 Å². The number of aromatic carboxylic acids is 1. The molecule has 0 unspecified atom stereocenters. The molecule has 0 amide bonds. The van der Waals surface area contributed by atoms with E-state index in [4.69, 9.17) is 4.74 Å². The lowest BCUT2D eigenvalue weighted by Crippen LogP contribution is -2.55. The minimum absolute atomic E-state index is 0.00250. The molecule has 1 aromatic carbocycles. The molecular weight excluding hydrogens is 341 g/mol. The first-order chi connectivity index (χ1) is 12.2. The normalized spacial score (nSPS) is 18.3. The Kier molecular flexibility index (Phi) is 3.44. The predicted octanol–water partition coefficient (Wildman–Crippen LogP) is 2.14. The van der Waals surface area contributed by atoms with E-state index < -0.39 is 28.5 Å².